The molecule has 3 heteroatoms. The first-order valence-corrected chi connectivity index (χ1v) is 1.97. The molecule has 42 valence electrons. The van der Waals surface area contributed by atoms with Crippen molar-refractivity contribution in [1.82, 2.24) is 0 Å². The average molecular weight is 102 g/mol. The maximum Gasteiger partial charge on any atom is 0.131 e. The molecular formula is C4H10N2O. The third-order valence-electron chi connectivity index (χ3n) is 0.434. The minimum atomic E-state index is -1.26. The minimum Gasteiger partial charge on any atom is -0.405 e. The summed E-state index contributed by atoms with van der Waals surface area (Å²) in [4.78, 5) is 0. The quantitative estimate of drug-likeness (QED) is 0.377. The summed E-state index contributed by atoms with van der Waals surface area (Å²) >= 11 is 0. The van der Waals surface area contributed by atoms with E-state index < -0.39 is 5.72 Å². The van der Waals surface area contributed by atoms with Crippen LogP contribution in [-0.4, -0.2) is 10.8 Å². The van der Waals surface area contributed by atoms with Crippen molar-refractivity contribution < 1.29 is 5.11 Å². The second-order valence-corrected chi connectivity index (χ2v) is 1.58. The average Bonchev–Trinajstić information content (AvgIpc) is 1.30. The molecule has 0 saturated carbocycles. The predicted molar refractivity (Wildman–Crippen MR) is 28.1 cm³/mol. The zero-order chi connectivity index (χ0) is 5.91. The topological polar surface area (TPSA) is 72.3 Å². The molecule has 0 radical (unpaired) electrons. The zero-order valence-corrected chi connectivity index (χ0v) is 4.26. The number of hydrogen-bond acceptors (Lipinski definition) is 3. The van der Waals surface area contributed by atoms with E-state index in [0.29, 0.717) is 0 Å². The molecule has 5 N–H and O–H groups in total. The van der Waals surface area contributed by atoms with Gasteiger partial charge in [-0.3, -0.25) is 0 Å². The van der Waals surface area contributed by atoms with Gasteiger partial charge < -0.3 is 16.6 Å². The Kier molecular flexibility index (Phi) is 1.80. The normalized spacial score (nSPS) is 19.9. The lowest BCUT2D eigenvalue weighted by Crippen LogP contribution is -2.32. The minimum absolute atomic E-state index is 1.21. The van der Waals surface area contributed by atoms with Crippen molar-refractivity contribution in [3.63, 3.8) is 0 Å². The first-order valence-electron chi connectivity index (χ1n) is 1.97. The van der Waals surface area contributed by atoms with E-state index >= 15 is 0 Å². The van der Waals surface area contributed by atoms with E-state index in [1.165, 1.54) is 19.2 Å². The Bertz CT molecular complexity index is 72.2. The van der Waals surface area contributed by atoms with E-state index in [1.807, 2.05) is 0 Å². The van der Waals surface area contributed by atoms with Crippen molar-refractivity contribution in [2.75, 3.05) is 0 Å². The molecule has 0 aliphatic heterocycles. The van der Waals surface area contributed by atoms with Crippen molar-refractivity contribution in [2.24, 2.45) is 11.5 Å². The van der Waals surface area contributed by atoms with Gasteiger partial charge in [0.25, 0.3) is 0 Å². The van der Waals surface area contributed by atoms with Crippen molar-refractivity contribution in [2.45, 2.75) is 12.6 Å². The van der Waals surface area contributed by atoms with Crippen LogP contribution in [0.4, 0.5) is 0 Å². The molecule has 0 saturated heterocycles. The zero-order valence-electron chi connectivity index (χ0n) is 4.26. The van der Waals surface area contributed by atoms with Crippen molar-refractivity contribution in [3.05, 3.63) is 12.3 Å². The molecule has 0 aliphatic carbocycles. The van der Waals surface area contributed by atoms with Crippen LogP contribution in [0, 0.1) is 0 Å². The van der Waals surface area contributed by atoms with Gasteiger partial charge >= 0.3 is 0 Å². The van der Waals surface area contributed by atoms with Crippen LogP contribution < -0.4 is 11.5 Å². The molecule has 7 heavy (non-hydrogen) atoms. The summed E-state index contributed by atoms with van der Waals surface area (Å²) in [5.74, 6) is 0. The predicted octanol–water partition coefficient (Wildman–Crippen LogP) is -0.874. The standard InChI is InChI=1S/C4H10N2O/c1-4(6,7)2-3-5/h2-3,7H,5-6H2,1H3. The fourth-order valence-corrected chi connectivity index (χ4v) is 0.195. The largest absolute Gasteiger partial charge is 0.405 e. The SMILES string of the molecule is CC(N)(O)C=CN. The van der Waals surface area contributed by atoms with Gasteiger partial charge in [-0.2, -0.15) is 0 Å². The van der Waals surface area contributed by atoms with Crippen LogP contribution in [0.15, 0.2) is 12.3 Å². The highest BCUT2D eigenvalue weighted by Crippen LogP contribution is 1.90. The highest BCUT2D eigenvalue weighted by Gasteiger charge is 2.04. The van der Waals surface area contributed by atoms with Gasteiger partial charge in [-0.15, -0.1) is 0 Å². The van der Waals surface area contributed by atoms with Gasteiger partial charge in [0, 0.05) is 0 Å². The molecule has 0 amide bonds. The van der Waals surface area contributed by atoms with Gasteiger partial charge in [-0.05, 0) is 19.2 Å². The van der Waals surface area contributed by atoms with Crippen LogP contribution in [0.5, 0.6) is 0 Å². The number of nitrogens with two attached hydrogens (primary N) is 2. The summed E-state index contributed by atoms with van der Waals surface area (Å²) in [5.41, 5.74) is 8.67. The number of aliphatic hydroxyl groups is 1. The molecule has 0 aromatic carbocycles. The molecule has 0 rings (SSSR count). The molecule has 1 unspecified atom stereocenters. The number of rotatable bonds is 1. The fourth-order valence-electron chi connectivity index (χ4n) is 0.195. The number of hydrogen-bond donors (Lipinski definition) is 3. The Labute approximate surface area is 42.6 Å². The smallest absolute Gasteiger partial charge is 0.131 e. The summed E-state index contributed by atoms with van der Waals surface area (Å²) in [7, 11) is 0. The lowest BCUT2D eigenvalue weighted by atomic mass is 10.3. The van der Waals surface area contributed by atoms with Crippen LogP contribution in [0.25, 0.3) is 0 Å². The fraction of sp³-hybridized carbons (Fsp3) is 0.500. The molecule has 3 nitrogen and oxygen atoms in total. The maximum absolute atomic E-state index is 8.63. The molecule has 0 aromatic heterocycles. The van der Waals surface area contributed by atoms with Crippen LogP contribution in [0.2, 0.25) is 0 Å². The molecule has 1 atom stereocenters. The first kappa shape index (κ1) is 6.46. The Morgan fingerprint density at radius 1 is 1.71 bits per heavy atom. The van der Waals surface area contributed by atoms with Crippen LogP contribution in [0.3, 0.4) is 0 Å². The second-order valence-electron chi connectivity index (χ2n) is 1.58. The van der Waals surface area contributed by atoms with E-state index in [2.05, 4.69) is 0 Å². The summed E-state index contributed by atoms with van der Waals surface area (Å²) in [6.07, 6.45) is 2.51. The third-order valence-corrected chi connectivity index (χ3v) is 0.434. The maximum atomic E-state index is 8.63. The Hall–Kier alpha value is -0.540. The Balaban J connectivity index is 3.56. The van der Waals surface area contributed by atoms with Crippen LogP contribution >= 0.6 is 0 Å². The molecule has 0 bridgehead atoms. The first-order chi connectivity index (χ1) is 3.06. The van der Waals surface area contributed by atoms with Crippen LogP contribution in [-0.2, 0) is 0 Å². The molecule has 0 heterocycles. The lowest BCUT2D eigenvalue weighted by molar-refractivity contribution is 0.119. The Morgan fingerprint density at radius 3 is 2.14 bits per heavy atom. The molecule has 0 aliphatic rings. The third kappa shape index (κ3) is 5.46. The van der Waals surface area contributed by atoms with E-state index in [9.17, 15) is 0 Å². The monoisotopic (exact) mass is 102 g/mol. The highest BCUT2D eigenvalue weighted by molar-refractivity contribution is 4.90. The molecule has 0 spiro atoms. The van der Waals surface area contributed by atoms with Crippen molar-refractivity contribution >= 4 is 0 Å². The van der Waals surface area contributed by atoms with Gasteiger partial charge in [0.15, 0.2) is 0 Å². The van der Waals surface area contributed by atoms with Crippen LogP contribution in [0.1, 0.15) is 6.92 Å². The summed E-state index contributed by atoms with van der Waals surface area (Å²) in [5, 5.41) is 8.63. The van der Waals surface area contributed by atoms with E-state index in [1.54, 1.807) is 0 Å². The van der Waals surface area contributed by atoms with Gasteiger partial charge in [-0.1, -0.05) is 0 Å². The molecule has 0 aromatic rings. The van der Waals surface area contributed by atoms with E-state index in [-0.39, 0.29) is 0 Å². The summed E-state index contributed by atoms with van der Waals surface area (Å²) in [6.45, 7) is 1.44. The van der Waals surface area contributed by atoms with Gasteiger partial charge in [0.1, 0.15) is 5.72 Å². The van der Waals surface area contributed by atoms with Crippen molar-refractivity contribution in [3.8, 4) is 0 Å². The Morgan fingerprint density at radius 2 is 2.14 bits per heavy atom. The van der Waals surface area contributed by atoms with Crippen molar-refractivity contribution in [1.29, 1.82) is 0 Å². The molecule has 0 fully saturated rings. The van der Waals surface area contributed by atoms with E-state index in [4.69, 9.17) is 16.6 Å². The second kappa shape index (κ2) is 1.95. The van der Waals surface area contributed by atoms with Gasteiger partial charge in [-0.25, -0.2) is 0 Å². The highest BCUT2D eigenvalue weighted by atomic mass is 16.3. The summed E-state index contributed by atoms with van der Waals surface area (Å²) < 4.78 is 0. The van der Waals surface area contributed by atoms with Gasteiger partial charge in [0.05, 0.1) is 0 Å². The molecular weight excluding hydrogens is 92.1 g/mol. The van der Waals surface area contributed by atoms with E-state index in [0.717, 1.165) is 0 Å². The summed E-state index contributed by atoms with van der Waals surface area (Å²) in [6, 6.07) is 0. The lowest BCUT2D eigenvalue weighted by Gasteiger charge is -2.08. The van der Waals surface area contributed by atoms with Gasteiger partial charge in [0.2, 0.25) is 0 Å².